The summed E-state index contributed by atoms with van der Waals surface area (Å²) >= 11 is 0. The maximum Gasteiger partial charge on any atom is 0.0618 e. The largest absolute Gasteiger partial charge is 0.309 e. The lowest BCUT2D eigenvalue weighted by Crippen LogP contribution is -2.13. The Kier molecular flexibility index (Phi) is 7.85. The number of fused-ring (bicyclic) bond motifs is 4. The van der Waals surface area contributed by atoms with Crippen LogP contribution in [0.5, 0.6) is 0 Å². The van der Waals surface area contributed by atoms with Crippen LogP contribution >= 0.6 is 0 Å². The fourth-order valence-electron chi connectivity index (χ4n) is 8.02. The van der Waals surface area contributed by atoms with Gasteiger partial charge in [-0.2, -0.15) is 0 Å². The van der Waals surface area contributed by atoms with Gasteiger partial charge in [-0.25, -0.2) is 0 Å². The smallest absolute Gasteiger partial charge is 0.0618 e. The van der Waals surface area contributed by atoms with Crippen molar-refractivity contribution in [2.75, 3.05) is 4.90 Å². The normalized spacial score (nSPS) is 11.3. The summed E-state index contributed by atoms with van der Waals surface area (Å²) in [6, 6.07) is 79.0. The fraction of sp³-hybridized carbons (Fsp3) is 0. The molecule has 0 aliphatic heterocycles. The zero-order chi connectivity index (χ0) is 35.8. The second kappa shape index (κ2) is 13.4. The molecular weight excluding hydrogens is 653 g/mol. The van der Waals surface area contributed by atoms with Gasteiger partial charge in [0, 0.05) is 39.0 Å². The Morgan fingerprint density at radius 2 is 0.870 bits per heavy atom. The van der Waals surface area contributed by atoms with Crippen LogP contribution in [0.3, 0.4) is 0 Å². The first-order valence-corrected chi connectivity index (χ1v) is 18.5. The molecule has 0 fully saturated rings. The highest BCUT2D eigenvalue weighted by Gasteiger charge is 2.23. The highest BCUT2D eigenvalue weighted by atomic mass is 15.1. The molecule has 0 saturated carbocycles. The topological polar surface area (TPSA) is 8.17 Å². The van der Waals surface area contributed by atoms with Crippen molar-refractivity contribution in [1.29, 1.82) is 0 Å². The molecule has 2 nitrogen and oxygen atoms in total. The van der Waals surface area contributed by atoms with Gasteiger partial charge < -0.3 is 9.47 Å². The summed E-state index contributed by atoms with van der Waals surface area (Å²) < 4.78 is 2.40. The Labute approximate surface area is 315 Å². The molecule has 54 heavy (non-hydrogen) atoms. The van der Waals surface area contributed by atoms with Gasteiger partial charge in [0.2, 0.25) is 0 Å². The molecule has 1 heterocycles. The molecule has 2 heteroatoms. The Morgan fingerprint density at radius 3 is 1.63 bits per heavy atom. The van der Waals surface area contributed by atoms with Crippen LogP contribution in [0.25, 0.3) is 71.6 Å². The average molecular weight is 689 g/mol. The van der Waals surface area contributed by atoms with Gasteiger partial charge in [0.05, 0.1) is 16.7 Å². The first kappa shape index (κ1) is 31.6. The van der Waals surface area contributed by atoms with Gasteiger partial charge in [-0.3, -0.25) is 0 Å². The van der Waals surface area contributed by atoms with Crippen LogP contribution in [-0.4, -0.2) is 4.57 Å². The molecular formula is C52H36N2. The third kappa shape index (κ3) is 5.53. The summed E-state index contributed by atoms with van der Waals surface area (Å²) in [5.41, 5.74) is 13.8. The molecule has 1 aromatic heterocycles. The third-order valence-electron chi connectivity index (χ3n) is 10.6. The van der Waals surface area contributed by atoms with Crippen molar-refractivity contribution >= 4 is 49.6 Å². The summed E-state index contributed by atoms with van der Waals surface area (Å²) in [5.74, 6) is 0. The van der Waals surface area contributed by atoms with Gasteiger partial charge in [0.1, 0.15) is 0 Å². The highest BCUT2D eigenvalue weighted by Crippen LogP contribution is 2.48. The Bertz CT molecular complexity index is 2910. The number of hydrogen-bond donors (Lipinski definition) is 0. The summed E-state index contributed by atoms with van der Waals surface area (Å²) in [4.78, 5) is 2.47. The van der Waals surface area contributed by atoms with Crippen LogP contribution in [0.4, 0.5) is 17.1 Å². The van der Waals surface area contributed by atoms with Gasteiger partial charge >= 0.3 is 0 Å². The quantitative estimate of drug-likeness (QED) is 0.162. The number of aromatic nitrogens is 1. The molecule has 10 aromatic rings. The maximum atomic E-state index is 2.47. The molecule has 0 unspecified atom stereocenters. The fourth-order valence-corrected chi connectivity index (χ4v) is 8.02. The van der Waals surface area contributed by atoms with E-state index in [1.165, 1.54) is 49.3 Å². The van der Waals surface area contributed by atoms with E-state index in [-0.39, 0.29) is 0 Å². The van der Waals surface area contributed by atoms with Crippen LogP contribution in [0.15, 0.2) is 218 Å². The van der Waals surface area contributed by atoms with Gasteiger partial charge in [0.25, 0.3) is 0 Å². The number of anilines is 3. The minimum Gasteiger partial charge on any atom is -0.309 e. The Morgan fingerprint density at radius 1 is 0.315 bits per heavy atom. The number of rotatable bonds is 7. The Balaban J connectivity index is 1.27. The summed E-state index contributed by atoms with van der Waals surface area (Å²) in [6.45, 7) is 0. The molecule has 0 N–H and O–H groups in total. The molecule has 0 radical (unpaired) electrons. The molecule has 0 aliphatic rings. The molecule has 0 amide bonds. The summed E-state index contributed by atoms with van der Waals surface area (Å²) in [7, 11) is 0. The van der Waals surface area contributed by atoms with Crippen LogP contribution in [0.1, 0.15) is 0 Å². The molecule has 0 aliphatic carbocycles. The lowest BCUT2D eigenvalue weighted by molar-refractivity contribution is 1.18. The highest BCUT2D eigenvalue weighted by molar-refractivity contribution is 6.11. The predicted octanol–water partition coefficient (Wildman–Crippen LogP) is 14.4. The third-order valence-corrected chi connectivity index (χ3v) is 10.6. The second-order valence-electron chi connectivity index (χ2n) is 13.8. The monoisotopic (exact) mass is 688 g/mol. The SMILES string of the molecule is c1ccc(-c2ccc(N(c3ccc4c5ccccc5n(-c5ccccc5)c4c3)c3c(-c4ccccc4)cccc3-c3ccc4ccccc4c3)cc2)cc1. The molecule has 0 spiro atoms. The van der Waals surface area contributed by atoms with E-state index in [1.54, 1.807) is 0 Å². The molecule has 10 rings (SSSR count). The van der Waals surface area contributed by atoms with E-state index < -0.39 is 0 Å². The minimum absolute atomic E-state index is 1.08. The lowest BCUT2D eigenvalue weighted by atomic mass is 9.93. The van der Waals surface area contributed by atoms with E-state index in [9.17, 15) is 0 Å². The molecule has 0 atom stereocenters. The van der Waals surface area contributed by atoms with E-state index in [1.807, 2.05) is 0 Å². The van der Waals surface area contributed by atoms with Crippen molar-refractivity contribution in [3.05, 3.63) is 218 Å². The maximum absolute atomic E-state index is 2.47. The van der Waals surface area contributed by atoms with Crippen molar-refractivity contribution in [2.24, 2.45) is 0 Å². The zero-order valence-corrected chi connectivity index (χ0v) is 29.7. The molecule has 9 aromatic carbocycles. The van der Waals surface area contributed by atoms with Crippen LogP contribution < -0.4 is 4.90 Å². The molecule has 254 valence electrons. The summed E-state index contributed by atoms with van der Waals surface area (Å²) in [6.07, 6.45) is 0. The van der Waals surface area contributed by atoms with Crippen molar-refractivity contribution in [3.63, 3.8) is 0 Å². The number of para-hydroxylation sites is 3. The van der Waals surface area contributed by atoms with Crippen LogP contribution in [0, 0.1) is 0 Å². The number of benzene rings is 9. The average Bonchev–Trinajstić information content (AvgIpc) is 3.58. The Hall–Kier alpha value is -7.16. The van der Waals surface area contributed by atoms with Gasteiger partial charge in [0.15, 0.2) is 0 Å². The van der Waals surface area contributed by atoms with Crippen molar-refractivity contribution in [3.8, 4) is 39.1 Å². The van der Waals surface area contributed by atoms with E-state index in [0.29, 0.717) is 0 Å². The minimum atomic E-state index is 1.08. The van der Waals surface area contributed by atoms with E-state index in [4.69, 9.17) is 0 Å². The molecule has 0 saturated heterocycles. The second-order valence-corrected chi connectivity index (χ2v) is 13.8. The first-order valence-electron chi connectivity index (χ1n) is 18.5. The van der Waals surface area contributed by atoms with Gasteiger partial charge in [-0.05, 0) is 81.6 Å². The van der Waals surface area contributed by atoms with Crippen LogP contribution in [-0.2, 0) is 0 Å². The van der Waals surface area contributed by atoms with Crippen molar-refractivity contribution in [2.45, 2.75) is 0 Å². The van der Waals surface area contributed by atoms with E-state index >= 15 is 0 Å². The zero-order valence-electron chi connectivity index (χ0n) is 29.7. The lowest BCUT2D eigenvalue weighted by Gasteiger charge is -2.31. The van der Waals surface area contributed by atoms with Crippen molar-refractivity contribution < 1.29 is 0 Å². The van der Waals surface area contributed by atoms with Gasteiger partial charge in [-0.15, -0.1) is 0 Å². The number of hydrogen-bond acceptors (Lipinski definition) is 1. The molecule has 0 bridgehead atoms. The van der Waals surface area contributed by atoms with E-state index in [2.05, 4.69) is 228 Å². The van der Waals surface area contributed by atoms with E-state index in [0.717, 1.165) is 39.4 Å². The standard InChI is InChI=1S/C52H36N2/c1-4-15-37(16-5-1)39-29-31-44(32-30-39)53(45-33-34-49-48-23-12-13-26-50(48)54(51(49)36-45)43-21-8-3-9-22-43)52-46(40-18-6-2-7-19-40)24-14-25-47(52)42-28-27-38-17-10-11-20-41(38)35-42/h1-36H. The van der Waals surface area contributed by atoms with Crippen LogP contribution in [0.2, 0.25) is 0 Å². The first-order chi connectivity index (χ1) is 26.8. The predicted molar refractivity (Wildman–Crippen MR) is 229 cm³/mol. The van der Waals surface area contributed by atoms with Crippen molar-refractivity contribution in [1.82, 2.24) is 4.57 Å². The summed E-state index contributed by atoms with van der Waals surface area (Å²) in [5, 5.41) is 4.92. The number of nitrogens with zero attached hydrogens (tertiary/aromatic N) is 2. The van der Waals surface area contributed by atoms with Gasteiger partial charge in [-0.1, -0.05) is 170 Å².